The van der Waals surface area contributed by atoms with E-state index in [1.165, 1.54) is 4.90 Å². The third kappa shape index (κ3) is 7.09. The van der Waals surface area contributed by atoms with Crippen LogP contribution in [0.3, 0.4) is 0 Å². The zero-order chi connectivity index (χ0) is 23.2. The van der Waals surface area contributed by atoms with Gasteiger partial charge in [-0.1, -0.05) is 69.8 Å². The molecular formula is C23H32N2O5S. The number of carboxylic acid groups (broad SMARTS) is 1. The van der Waals surface area contributed by atoms with Crippen LogP contribution in [-0.2, 0) is 25.6 Å². The Hall–Kier alpha value is -2.35. The van der Waals surface area contributed by atoms with E-state index >= 15 is 0 Å². The van der Waals surface area contributed by atoms with Crippen LogP contribution in [0.1, 0.15) is 46.1 Å². The summed E-state index contributed by atoms with van der Waals surface area (Å²) in [5.74, 6) is -1.80. The number of hydrogen-bond acceptors (Lipinski definition) is 5. The Balaban J connectivity index is 1.99. The summed E-state index contributed by atoms with van der Waals surface area (Å²) in [6, 6.07) is 7.35. The zero-order valence-corrected chi connectivity index (χ0v) is 19.4. The largest absolute Gasteiger partial charge is 0.480 e. The molecule has 31 heavy (non-hydrogen) atoms. The SMILES string of the molecule is C[C@H](CSC(=O)C(C)(C)C)C(=O)N1CCC[C@H]1C(=O)N[C@@H](Cc1ccccc1)C(=O)O. The van der Waals surface area contributed by atoms with E-state index in [2.05, 4.69) is 5.32 Å². The van der Waals surface area contributed by atoms with Gasteiger partial charge in [0, 0.05) is 30.1 Å². The van der Waals surface area contributed by atoms with E-state index in [9.17, 15) is 24.3 Å². The van der Waals surface area contributed by atoms with Gasteiger partial charge in [-0.15, -0.1) is 0 Å². The number of nitrogens with one attached hydrogen (secondary N) is 1. The second kappa shape index (κ2) is 10.8. The van der Waals surface area contributed by atoms with Gasteiger partial charge in [-0.3, -0.25) is 14.4 Å². The number of hydrogen-bond donors (Lipinski definition) is 2. The van der Waals surface area contributed by atoms with Crippen LogP contribution in [0.5, 0.6) is 0 Å². The number of rotatable bonds is 8. The fourth-order valence-corrected chi connectivity index (χ4v) is 4.37. The minimum absolute atomic E-state index is 0.0214. The number of benzene rings is 1. The first-order valence-corrected chi connectivity index (χ1v) is 11.5. The molecule has 1 fully saturated rings. The molecule has 0 unspecified atom stereocenters. The lowest BCUT2D eigenvalue weighted by atomic mass is 10.00. The average Bonchev–Trinajstić information content (AvgIpc) is 3.20. The zero-order valence-electron chi connectivity index (χ0n) is 18.6. The average molecular weight is 449 g/mol. The summed E-state index contributed by atoms with van der Waals surface area (Å²) >= 11 is 1.14. The van der Waals surface area contributed by atoms with Crippen LogP contribution < -0.4 is 5.32 Å². The molecule has 1 heterocycles. The van der Waals surface area contributed by atoms with Crippen LogP contribution in [0.25, 0.3) is 0 Å². The van der Waals surface area contributed by atoms with Gasteiger partial charge in [0.2, 0.25) is 11.8 Å². The Morgan fingerprint density at radius 2 is 1.84 bits per heavy atom. The maximum absolute atomic E-state index is 12.9. The summed E-state index contributed by atoms with van der Waals surface area (Å²) in [5, 5.41) is 12.2. The third-order valence-corrected chi connectivity index (χ3v) is 6.78. The maximum atomic E-state index is 12.9. The Morgan fingerprint density at radius 3 is 2.42 bits per heavy atom. The number of likely N-dealkylation sites (tertiary alicyclic amines) is 1. The number of carbonyl (C=O) groups is 4. The molecule has 2 rings (SSSR count). The number of thioether (sulfide) groups is 1. The van der Waals surface area contributed by atoms with E-state index in [1.807, 2.05) is 51.1 Å². The molecule has 3 atom stereocenters. The molecule has 2 N–H and O–H groups in total. The van der Waals surface area contributed by atoms with Crippen LogP contribution >= 0.6 is 11.8 Å². The van der Waals surface area contributed by atoms with E-state index in [4.69, 9.17) is 0 Å². The highest BCUT2D eigenvalue weighted by Crippen LogP contribution is 2.26. The summed E-state index contributed by atoms with van der Waals surface area (Å²) in [5.41, 5.74) is 0.331. The van der Waals surface area contributed by atoms with Crippen molar-refractivity contribution in [3.05, 3.63) is 35.9 Å². The van der Waals surface area contributed by atoms with Crippen molar-refractivity contribution in [3.8, 4) is 0 Å². The molecule has 0 aliphatic carbocycles. The highest BCUT2D eigenvalue weighted by atomic mass is 32.2. The number of carbonyl (C=O) groups excluding carboxylic acids is 3. The van der Waals surface area contributed by atoms with Gasteiger partial charge in [-0.2, -0.15) is 0 Å². The predicted molar refractivity (Wildman–Crippen MR) is 121 cm³/mol. The molecule has 170 valence electrons. The second-order valence-electron chi connectivity index (χ2n) is 9.03. The van der Waals surface area contributed by atoms with E-state index in [0.29, 0.717) is 25.1 Å². The van der Waals surface area contributed by atoms with Gasteiger partial charge in [-0.05, 0) is 18.4 Å². The lowest BCUT2D eigenvalue weighted by molar-refractivity contribution is -0.144. The Labute approximate surface area is 188 Å². The van der Waals surface area contributed by atoms with Crippen LogP contribution in [-0.4, -0.2) is 57.3 Å². The van der Waals surface area contributed by atoms with Gasteiger partial charge >= 0.3 is 5.97 Å². The molecule has 7 nitrogen and oxygen atoms in total. The number of amides is 2. The van der Waals surface area contributed by atoms with Crippen molar-refractivity contribution in [2.75, 3.05) is 12.3 Å². The van der Waals surface area contributed by atoms with Gasteiger partial charge < -0.3 is 15.3 Å². The molecular weight excluding hydrogens is 416 g/mol. The van der Waals surface area contributed by atoms with E-state index in [1.54, 1.807) is 6.92 Å². The fraction of sp³-hybridized carbons (Fsp3) is 0.565. The van der Waals surface area contributed by atoms with Crippen molar-refractivity contribution >= 4 is 34.7 Å². The Kier molecular flexibility index (Phi) is 8.68. The topological polar surface area (TPSA) is 104 Å². The first-order valence-electron chi connectivity index (χ1n) is 10.6. The molecule has 1 aromatic rings. The van der Waals surface area contributed by atoms with Crippen molar-refractivity contribution in [2.24, 2.45) is 11.3 Å². The van der Waals surface area contributed by atoms with Gasteiger partial charge in [0.1, 0.15) is 12.1 Å². The normalized spacial score (nSPS) is 18.3. The molecule has 1 aliphatic heterocycles. The molecule has 0 aromatic heterocycles. The van der Waals surface area contributed by atoms with Gasteiger partial charge in [-0.25, -0.2) is 4.79 Å². The van der Waals surface area contributed by atoms with Gasteiger partial charge in [0.25, 0.3) is 0 Å². The molecule has 1 aliphatic rings. The quantitative estimate of drug-likeness (QED) is 0.634. The minimum Gasteiger partial charge on any atom is -0.480 e. The lowest BCUT2D eigenvalue weighted by Gasteiger charge is -2.28. The first kappa shape index (κ1) is 24.9. The summed E-state index contributed by atoms with van der Waals surface area (Å²) in [6.45, 7) is 7.72. The van der Waals surface area contributed by atoms with Gasteiger partial charge in [0.15, 0.2) is 5.12 Å². The summed E-state index contributed by atoms with van der Waals surface area (Å²) in [7, 11) is 0. The summed E-state index contributed by atoms with van der Waals surface area (Å²) in [6.07, 6.45) is 1.35. The fourth-order valence-electron chi connectivity index (χ4n) is 3.39. The van der Waals surface area contributed by atoms with Crippen LogP contribution in [0.4, 0.5) is 0 Å². The Bertz CT molecular complexity index is 806. The number of carboxylic acids is 1. The van der Waals surface area contributed by atoms with Crippen molar-refractivity contribution in [1.82, 2.24) is 10.2 Å². The smallest absolute Gasteiger partial charge is 0.326 e. The molecule has 0 saturated carbocycles. The molecule has 1 saturated heterocycles. The van der Waals surface area contributed by atoms with Crippen LogP contribution in [0.2, 0.25) is 0 Å². The van der Waals surface area contributed by atoms with Gasteiger partial charge in [0.05, 0.1) is 0 Å². The summed E-state index contributed by atoms with van der Waals surface area (Å²) in [4.78, 5) is 51.1. The molecule has 8 heteroatoms. The van der Waals surface area contributed by atoms with Crippen LogP contribution in [0.15, 0.2) is 30.3 Å². The number of nitrogens with zero attached hydrogens (tertiary/aromatic N) is 1. The standard InChI is InChI=1S/C23H32N2O5S/c1-15(14-31-22(30)23(2,3)4)20(27)25-12-8-11-18(25)19(26)24-17(21(28)29)13-16-9-6-5-7-10-16/h5-7,9-10,15,17-18H,8,11-14H2,1-4H3,(H,24,26)(H,28,29)/t15-,17+,18+/m1/s1. The minimum atomic E-state index is -1.11. The van der Waals surface area contributed by atoms with Crippen molar-refractivity contribution in [3.63, 3.8) is 0 Å². The lowest BCUT2D eigenvalue weighted by Crippen LogP contribution is -2.52. The molecule has 1 aromatic carbocycles. The molecule has 2 amide bonds. The monoisotopic (exact) mass is 448 g/mol. The molecule has 0 radical (unpaired) electrons. The van der Waals surface area contributed by atoms with Crippen LogP contribution in [0, 0.1) is 11.3 Å². The number of aliphatic carboxylic acids is 1. The Morgan fingerprint density at radius 1 is 1.19 bits per heavy atom. The molecule has 0 bridgehead atoms. The predicted octanol–water partition coefficient (Wildman–Crippen LogP) is 2.73. The highest BCUT2D eigenvalue weighted by molar-refractivity contribution is 8.13. The second-order valence-corrected chi connectivity index (χ2v) is 10.0. The third-order valence-electron chi connectivity index (χ3n) is 5.23. The molecule has 0 spiro atoms. The van der Waals surface area contributed by atoms with Crippen molar-refractivity contribution in [1.29, 1.82) is 0 Å². The maximum Gasteiger partial charge on any atom is 0.326 e. The van der Waals surface area contributed by atoms with E-state index in [0.717, 1.165) is 17.3 Å². The highest BCUT2D eigenvalue weighted by Gasteiger charge is 2.37. The van der Waals surface area contributed by atoms with Crippen molar-refractivity contribution in [2.45, 2.75) is 59.0 Å². The van der Waals surface area contributed by atoms with E-state index in [-0.39, 0.29) is 17.4 Å². The first-order chi connectivity index (χ1) is 14.5. The summed E-state index contributed by atoms with van der Waals surface area (Å²) < 4.78 is 0. The van der Waals surface area contributed by atoms with E-state index < -0.39 is 35.3 Å². The van der Waals surface area contributed by atoms with Crippen molar-refractivity contribution < 1.29 is 24.3 Å².